The molecule has 6 heteroatoms. The topological polar surface area (TPSA) is 77.0 Å². The Kier molecular flexibility index (Phi) is 2.57. The maximum Gasteiger partial charge on any atom is 0.438 e. The van der Waals surface area contributed by atoms with Gasteiger partial charge in [0.05, 0.1) is 12.1 Å². The number of carbonyl (C=O) groups excluding carboxylic acids is 1. The summed E-state index contributed by atoms with van der Waals surface area (Å²) in [6.45, 7) is 3.68. The molecule has 2 fully saturated rings. The number of hydrogen-bond acceptors (Lipinski definition) is 5. The van der Waals surface area contributed by atoms with Gasteiger partial charge in [-0.25, -0.2) is 4.79 Å². The van der Waals surface area contributed by atoms with Crippen LogP contribution in [0.15, 0.2) is 0 Å². The molecule has 1 saturated heterocycles. The lowest BCUT2D eigenvalue weighted by Gasteiger charge is -2.21. The molecule has 2 aliphatic rings. The molecule has 15 heavy (non-hydrogen) atoms. The van der Waals surface area contributed by atoms with Crippen LogP contribution in [-0.2, 0) is 14.4 Å². The zero-order chi connectivity index (χ0) is 11.1. The molecule has 2 rings (SSSR count). The van der Waals surface area contributed by atoms with Crippen molar-refractivity contribution in [3.63, 3.8) is 0 Å². The first kappa shape index (κ1) is 10.7. The summed E-state index contributed by atoms with van der Waals surface area (Å²) in [7, 11) is 0. The van der Waals surface area contributed by atoms with Gasteiger partial charge in [-0.15, -0.1) is 0 Å². The zero-order valence-corrected chi connectivity index (χ0v) is 8.73. The molecular formula is C9H15NO5. The van der Waals surface area contributed by atoms with Crippen molar-refractivity contribution in [2.75, 3.05) is 0 Å². The third-order valence-corrected chi connectivity index (χ3v) is 2.77. The Hall–Kier alpha value is -0.850. The smallest absolute Gasteiger partial charge is 0.344 e. The van der Waals surface area contributed by atoms with Crippen LogP contribution in [0.25, 0.3) is 0 Å². The predicted octanol–water partition coefficient (Wildman–Crippen LogP) is 0.868. The number of carbonyl (C=O) groups is 1. The summed E-state index contributed by atoms with van der Waals surface area (Å²) in [5.41, 5.74) is 0. The monoisotopic (exact) mass is 217 g/mol. The number of hydrogen-bond donors (Lipinski definition) is 2. The van der Waals surface area contributed by atoms with Crippen molar-refractivity contribution in [3.8, 4) is 0 Å². The van der Waals surface area contributed by atoms with Gasteiger partial charge in [0.25, 0.3) is 0 Å². The third kappa shape index (κ3) is 2.06. The number of fused-ring (bicyclic) bond motifs is 1. The average molecular weight is 217 g/mol. The van der Waals surface area contributed by atoms with E-state index in [1.807, 2.05) is 13.8 Å². The van der Waals surface area contributed by atoms with E-state index in [0.29, 0.717) is 0 Å². The first-order chi connectivity index (χ1) is 7.02. The summed E-state index contributed by atoms with van der Waals surface area (Å²) in [6, 6.07) is -0.156. The molecule has 2 N–H and O–H groups in total. The molecule has 1 saturated carbocycles. The molecule has 1 heterocycles. The first-order valence-electron chi connectivity index (χ1n) is 4.99. The van der Waals surface area contributed by atoms with E-state index in [-0.39, 0.29) is 18.2 Å². The number of ether oxygens (including phenoxy) is 2. The standard InChI is InChI=1S/C9H15NO5/c1-9(2)13-6-4-3-5(7(6)14-9)10-8(11)15-12/h5-7,12H,3-4H2,1-2H3,(H,10,11). The van der Waals surface area contributed by atoms with Crippen molar-refractivity contribution in [3.05, 3.63) is 0 Å². The van der Waals surface area contributed by atoms with Crippen molar-refractivity contribution >= 4 is 6.09 Å². The van der Waals surface area contributed by atoms with Gasteiger partial charge in [0.1, 0.15) is 6.10 Å². The third-order valence-electron chi connectivity index (χ3n) is 2.77. The second-order valence-electron chi connectivity index (χ2n) is 4.35. The summed E-state index contributed by atoms with van der Waals surface area (Å²) >= 11 is 0. The Morgan fingerprint density at radius 1 is 1.47 bits per heavy atom. The molecule has 0 bridgehead atoms. The van der Waals surface area contributed by atoms with E-state index in [4.69, 9.17) is 14.7 Å². The number of amides is 1. The van der Waals surface area contributed by atoms with Crippen LogP contribution >= 0.6 is 0 Å². The highest BCUT2D eigenvalue weighted by Gasteiger charge is 2.49. The van der Waals surface area contributed by atoms with Gasteiger partial charge in [-0.2, -0.15) is 5.26 Å². The highest BCUT2D eigenvalue weighted by atomic mass is 17.1. The van der Waals surface area contributed by atoms with Crippen LogP contribution in [0.4, 0.5) is 4.79 Å². The Balaban J connectivity index is 1.97. The van der Waals surface area contributed by atoms with Gasteiger partial charge in [0.2, 0.25) is 0 Å². The second-order valence-corrected chi connectivity index (χ2v) is 4.35. The van der Waals surface area contributed by atoms with E-state index in [9.17, 15) is 4.79 Å². The maximum atomic E-state index is 10.8. The van der Waals surface area contributed by atoms with E-state index in [0.717, 1.165) is 12.8 Å². The first-order valence-corrected chi connectivity index (χ1v) is 4.99. The average Bonchev–Trinajstić information content (AvgIpc) is 2.63. The minimum Gasteiger partial charge on any atom is -0.344 e. The maximum absolute atomic E-state index is 10.8. The lowest BCUT2D eigenvalue weighted by atomic mass is 10.2. The second kappa shape index (κ2) is 3.62. The molecule has 0 radical (unpaired) electrons. The molecule has 1 amide bonds. The molecule has 0 aromatic carbocycles. The number of nitrogens with one attached hydrogen (secondary N) is 1. The van der Waals surface area contributed by atoms with Gasteiger partial charge >= 0.3 is 6.09 Å². The highest BCUT2D eigenvalue weighted by Crippen LogP contribution is 2.38. The van der Waals surface area contributed by atoms with Crippen LogP contribution in [0.5, 0.6) is 0 Å². The van der Waals surface area contributed by atoms with E-state index < -0.39 is 11.9 Å². The molecular weight excluding hydrogens is 202 g/mol. The molecule has 0 aromatic rings. The van der Waals surface area contributed by atoms with Crippen LogP contribution in [-0.4, -0.2) is 35.4 Å². The lowest BCUT2D eigenvalue weighted by Crippen LogP contribution is -2.42. The van der Waals surface area contributed by atoms with Crippen molar-refractivity contribution in [1.29, 1.82) is 0 Å². The van der Waals surface area contributed by atoms with Gasteiger partial charge in [0, 0.05) is 0 Å². The van der Waals surface area contributed by atoms with Crippen LogP contribution in [0.3, 0.4) is 0 Å². The van der Waals surface area contributed by atoms with Crippen LogP contribution < -0.4 is 5.32 Å². The van der Waals surface area contributed by atoms with Gasteiger partial charge in [-0.05, 0) is 26.7 Å². The minimum absolute atomic E-state index is 0.0176. The van der Waals surface area contributed by atoms with Crippen molar-refractivity contribution in [1.82, 2.24) is 5.32 Å². The van der Waals surface area contributed by atoms with E-state index in [2.05, 4.69) is 10.2 Å². The van der Waals surface area contributed by atoms with E-state index in [1.54, 1.807) is 0 Å². The molecule has 0 aromatic heterocycles. The molecule has 0 spiro atoms. The van der Waals surface area contributed by atoms with Gasteiger partial charge < -0.3 is 14.8 Å². The summed E-state index contributed by atoms with van der Waals surface area (Å²) in [5, 5.41) is 10.7. The van der Waals surface area contributed by atoms with Crippen molar-refractivity contribution in [2.24, 2.45) is 0 Å². The number of rotatable bonds is 1. The van der Waals surface area contributed by atoms with Crippen LogP contribution in [0.2, 0.25) is 0 Å². The van der Waals surface area contributed by atoms with Gasteiger partial charge in [-0.1, -0.05) is 0 Å². The fraction of sp³-hybridized carbons (Fsp3) is 0.889. The summed E-state index contributed by atoms with van der Waals surface area (Å²) in [5.74, 6) is -0.598. The normalized spacial score (nSPS) is 37.4. The Morgan fingerprint density at radius 2 is 2.20 bits per heavy atom. The molecule has 6 nitrogen and oxygen atoms in total. The SMILES string of the molecule is CC1(C)OC2CCC(NC(=O)OO)C2O1. The van der Waals surface area contributed by atoms with Gasteiger partial charge in [0.15, 0.2) is 5.79 Å². The molecule has 3 atom stereocenters. The Bertz CT molecular complexity index is 267. The van der Waals surface area contributed by atoms with Crippen molar-refractivity contribution in [2.45, 2.75) is 50.7 Å². The van der Waals surface area contributed by atoms with Crippen LogP contribution in [0.1, 0.15) is 26.7 Å². The molecule has 86 valence electrons. The predicted molar refractivity (Wildman–Crippen MR) is 49.1 cm³/mol. The molecule has 1 aliphatic carbocycles. The van der Waals surface area contributed by atoms with E-state index >= 15 is 0 Å². The minimum atomic E-state index is -0.853. The Morgan fingerprint density at radius 3 is 2.87 bits per heavy atom. The largest absolute Gasteiger partial charge is 0.438 e. The lowest BCUT2D eigenvalue weighted by molar-refractivity contribution is -0.180. The molecule has 3 unspecified atom stereocenters. The summed E-state index contributed by atoms with van der Waals surface area (Å²) in [4.78, 5) is 14.4. The van der Waals surface area contributed by atoms with Crippen molar-refractivity contribution < 1.29 is 24.4 Å². The molecule has 1 aliphatic heterocycles. The van der Waals surface area contributed by atoms with Crippen LogP contribution in [0, 0.1) is 0 Å². The quantitative estimate of drug-likeness (QED) is 0.503. The fourth-order valence-electron chi connectivity index (χ4n) is 2.27. The summed E-state index contributed by atoms with van der Waals surface area (Å²) < 4.78 is 11.3. The summed E-state index contributed by atoms with van der Waals surface area (Å²) in [6.07, 6.45) is 0.613. The van der Waals surface area contributed by atoms with E-state index in [1.165, 1.54) is 0 Å². The fourth-order valence-corrected chi connectivity index (χ4v) is 2.27. The highest BCUT2D eigenvalue weighted by molar-refractivity contribution is 5.66. The zero-order valence-electron chi connectivity index (χ0n) is 8.73. The Labute approximate surface area is 87.4 Å². The van der Waals surface area contributed by atoms with Gasteiger partial charge in [-0.3, -0.25) is 4.89 Å².